The van der Waals surface area contributed by atoms with Gasteiger partial charge >= 0.3 is 5.97 Å². The summed E-state index contributed by atoms with van der Waals surface area (Å²) in [6, 6.07) is 31.3. The second kappa shape index (κ2) is 8.96. The maximum atomic E-state index is 9.25. The first-order valence-corrected chi connectivity index (χ1v) is 7.53. The van der Waals surface area contributed by atoms with E-state index in [-0.39, 0.29) is 0 Å². The molecular formula is C21H19NO2. The normalized spacial score (nSPS) is 9.33. The van der Waals surface area contributed by atoms with Gasteiger partial charge in [-0.2, -0.15) is 0 Å². The van der Waals surface area contributed by atoms with Crippen LogP contribution in [-0.2, 0) is 4.79 Å². The molecule has 24 heavy (non-hydrogen) atoms. The van der Waals surface area contributed by atoms with Gasteiger partial charge in [0.05, 0.1) is 0 Å². The quantitative estimate of drug-likeness (QED) is 0.654. The highest BCUT2D eigenvalue weighted by molar-refractivity contribution is 5.78. The van der Waals surface area contributed by atoms with Crippen molar-refractivity contribution in [2.45, 2.75) is 0 Å². The van der Waals surface area contributed by atoms with Crippen LogP contribution in [0.2, 0.25) is 0 Å². The lowest BCUT2D eigenvalue weighted by atomic mass is 10.2. The van der Waals surface area contributed by atoms with E-state index in [2.05, 4.69) is 84.3 Å². The van der Waals surface area contributed by atoms with E-state index in [1.54, 1.807) is 0 Å². The maximum Gasteiger partial charge on any atom is 0.327 e. The van der Waals surface area contributed by atoms with Crippen molar-refractivity contribution in [3.05, 3.63) is 104 Å². The molecule has 0 bridgehead atoms. The third-order valence-electron chi connectivity index (χ3n) is 3.22. The number of para-hydroxylation sites is 3. The minimum atomic E-state index is -0.981. The van der Waals surface area contributed by atoms with Crippen molar-refractivity contribution < 1.29 is 9.90 Å². The Morgan fingerprint density at radius 2 is 0.958 bits per heavy atom. The van der Waals surface area contributed by atoms with Crippen molar-refractivity contribution in [2.75, 3.05) is 4.90 Å². The molecule has 3 heteroatoms. The Kier molecular flexibility index (Phi) is 6.35. The molecule has 0 aromatic heterocycles. The number of benzene rings is 3. The van der Waals surface area contributed by atoms with Crippen LogP contribution in [0.3, 0.4) is 0 Å². The van der Waals surface area contributed by atoms with Crippen LogP contribution >= 0.6 is 0 Å². The smallest absolute Gasteiger partial charge is 0.327 e. The van der Waals surface area contributed by atoms with Crippen molar-refractivity contribution in [3.8, 4) is 0 Å². The number of carboxylic acids is 1. The Hall–Kier alpha value is -3.33. The summed E-state index contributed by atoms with van der Waals surface area (Å²) in [5.74, 6) is -0.981. The molecule has 0 atom stereocenters. The summed E-state index contributed by atoms with van der Waals surface area (Å²) in [7, 11) is 0. The lowest BCUT2D eigenvalue weighted by molar-refractivity contribution is -0.131. The van der Waals surface area contributed by atoms with Gasteiger partial charge in [0.1, 0.15) is 0 Å². The first kappa shape index (κ1) is 17.0. The van der Waals surface area contributed by atoms with Gasteiger partial charge in [0, 0.05) is 23.1 Å². The second-order valence-electron chi connectivity index (χ2n) is 4.88. The standard InChI is InChI=1S/C18H15N.C3H4O2/c1-4-10-16(11-5-1)19(17-12-6-2-7-13-17)18-14-8-3-9-15-18;1-2-3(4)5/h1-15H;2H,1H2,(H,4,5). The lowest BCUT2D eigenvalue weighted by Gasteiger charge is -2.25. The van der Waals surface area contributed by atoms with E-state index in [1.165, 1.54) is 17.1 Å². The summed E-state index contributed by atoms with van der Waals surface area (Å²) in [6.45, 7) is 2.96. The number of anilines is 3. The van der Waals surface area contributed by atoms with Crippen LogP contribution in [-0.4, -0.2) is 11.1 Å². The van der Waals surface area contributed by atoms with Crippen molar-refractivity contribution in [3.63, 3.8) is 0 Å². The number of hydrogen-bond donors (Lipinski definition) is 1. The van der Waals surface area contributed by atoms with Crippen LogP contribution in [0.25, 0.3) is 0 Å². The maximum absolute atomic E-state index is 9.25. The summed E-state index contributed by atoms with van der Waals surface area (Å²) < 4.78 is 0. The zero-order valence-corrected chi connectivity index (χ0v) is 13.2. The van der Waals surface area contributed by atoms with Gasteiger partial charge in [-0.15, -0.1) is 0 Å². The van der Waals surface area contributed by atoms with E-state index in [4.69, 9.17) is 5.11 Å². The van der Waals surface area contributed by atoms with Crippen LogP contribution in [0.4, 0.5) is 17.1 Å². The molecule has 3 aromatic carbocycles. The molecule has 0 heterocycles. The molecule has 120 valence electrons. The molecule has 0 fully saturated rings. The molecule has 3 rings (SSSR count). The molecule has 3 aromatic rings. The zero-order chi connectivity index (χ0) is 17.2. The van der Waals surface area contributed by atoms with E-state index in [0.29, 0.717) is 0 Å². The van der Waals surface area contributed by atoms with Crippen molar-refractivity contribution in [1.29, 1.82) is 0 Å². The third kappa shape index (κ3) is 4.85. The van der Waals surface area contributed by atoms with Crippen LogP contribution < -0.4 is 4.90 Å². The number of rotatable bonds is 4. The van der Waals surface area contributed by atoms with Crippen molar-refractivity contribution in [2.24, 2.45) is 0 Å². The van der Waals surface area contributed by atoms with Crippen LogP contribution in [0.15, 0.2) is 104 Å². The fourth-order valence-electron chi connectivity index (χ4n) is 2.18. The van der Waals surface area contributed by atoms with Crippen LogP contribution in [0, 0.1) is 0 Å². The van der Waals surface area contributed by atoms with Crippen LogP contribution in [0.5, 0.6) is 0 Å². The second-order valence-corrected chi connectivity index (χ2v) is 4.88. The summed E-state index contributed by atoms with van der Waals surface area (Å²) in [6.07, 6.45) is 0.833. The predicted molar refractivity (Wildman–Crippen MR) is 99.0 cm³/mol. The fraction of sp³-hybridized carbons (Fsp3) is 0. The van der Waals surface area contributed by atoms with Gasteiger partial charge < -0.3 is 10.0 Å². The van der Waals surface area contributed by atoms with Gasteiger partial charge in [0.25, 0.3) is 0 Å². The van der Waals surface area contributed by atoms with Gasteiger partial charge in [-0.25, -0.2) is 4.79 Å². The SMILES string of the molecule is C=CC(=O)O.c1ccc(N(c2ccccc2)c2ccccc2)cc1. The third-order valence-corrected chi connectivity index (χ3v) is 3.22. The highest BCUT2D eigenvalue weighted by Crippen LogP contribution is 2.33. The first-order chi connectivity index (χ1) is 11.7. The fourth-order valence-corrected chi connectivity index (χ4v) is 2.18. The molecule has 0 saturated heterocycles. The number of aliphatic carboxylic acids is 1. The topological polar surface area (TPSA) is 40.5 Å². The Bertz CT molecular complexity index is 662. The number of carboxylic acid groups (broad SMARTS) is 1. The summed E-state index contributed by atoms with van der Waals surface area (Å²) >= 11 is 0. The Labute approximate surface area is 142 Å². The van der Waals surface area contributed by atoms with Gasteiger partial charge in [0.15, 0.2) is 0 Å². The van der Waals surface area contributed by atoms with E-state index in [1.807, 2.05) is 18.2 Å². The Morgan fingerprint density at radius 3 is 1.17 bits per heavy atom. The van der Waals surface area contributed by atoms with Crippen molar-refractivity contribution >= 4 is 23.0 Å². The lowest BCUT2D eigenvalue weighted by Crippen LogP contribution is -2.09. The largest absolute Gasteiger partial charge is 0.478 e. The highest BCUT2D eigenvalue weighted by Gasteiger charge is 2.10. The van der Waals surface area contributed by atoms with E-state index in [9.17, 15) is 4.79 Å². The summed E-state index contributed by atoms with van der Waals surface area (Å²) in [4.78, 5) is 11.5. The molecule has 0 saturated carbocycles. The molecule has 0 aliphatic rings. The number of nitrogens with zero attached hydrogens (tertiary/aromatic N) is 1. The molecule has 1 N–H and O–H groups in total. The molecule has 0 unspecified atom stereocenters. The van der Waals surface area contributed by atoms with E-state index in [0.717, 1.165) is 6.08 Å². The minimum Gasteiger partial charge on any atom is -0.478 e. The summed E-state index contributed by atoms with van der Waals surface area (Å²) in [5.41, 5.74) is 3.50. The highest BCUT2D eigenvalue weighted by atomic mass is 16.4. The number of hydrogen-bond acceptors (Lipinski definition) is 2. The van der Waals surface area contributed by atoms with Gasteiger partial charge in [-0.3, -0.25) is 0 Å². The Balaban J connectivity index is 0.000000368. The van der Waals surface area contributed by atoms with Gasteiger partial charge in [-0.05, 0) is 36.4 Å². The van der Waals surface area contributed by atoms with E-state index >= 15 is 0 Å². The van der Waals surface area contributed by atoms with Crippen molar-refractivity contribution in [1.82, 2.24) is 0 Å². The molecule has 3 nitrogen and oxygen atoms in total. The predicted octanol–water partition coefficient (Wildman–Crippen LogP) is 5.41. The van der Waals surface area contributed by atoms with E-state index < -0.39 is 5.97 Å². The average Bonchev–Trinajstić information content (AvgIpc) is 2.65. The number of carbonyl (C=O) groups is 1. The molecule has 0 spiro atoms. The molecular weight excluding hydrogens is 298 g/mol. The van der Waals surface area contributed by atoms with Crippen LogP contribution in [0.1, 0.15) is 0 Å². The summed E-state index contributed by atoms with van der Waals surface area (Å²) in [5, 5.41) is 7.60. The molecule has 0 aliphatic carbocycles. The molecule has 0 radical (unpaired) electrons. The monoisotopic (exact) mass is 317 g/mol. The Morgan fingerprint density at radius 1 is 0.708 bits per heavy atom. The van der Waals surface area contributed by atoms with Gasteiger partial charge in [-0.1, -0.05) is 61.2 Å². The first-order valence-electron chi connectivity index (χ1n) is 7.53. The zero-order valence-electron chi connectivity index (χ0n) is 13.2. The molecule has 0 amide bonds. The van der Waals surface area contributed by atoms with Gasteiger partial charge in [0.2, 0.25) is 0 Å². The molecule has 0 aliphatic heterocycles. The average molecular weight is 317 g/mol. The minimum absolute atomic E-state index is 0.833.